The molecule has 3 heterocycles. The van der Waals surface area contributed by atoms with Crippen LogP contribution in [0.1, 0.15) is 35.3 Å². The van der Waals surface area contributed by atoms with Crippen molar-refractivity contribution in [3.63, 3.8) is 0 Å². The van der Waals surface area contributed by atoms with E-state index in [2.05, 4.69) is 27.2 Å². The number of nitrogens with zero attached hydrogens (tertiary/aromatic N) is 5. The molecule has 0 N–H and O–H groups in total. The van der Waals surface area contributed by atoms with Crippen molar-refractivity contribution in [2.24, 2.45) is 0 Å². The monoisotopic (exact) mass is 303 g/mol. The Morgan fingerprint density at radius 3 is 2.90 bits per heavy atom. The van der Waals surface area contributed by atoms with Crippen LogP contribution in [-0.2, 0) is 6.54 Å². The highest BCUT2D eigenvalue weighted by Gasteiger charge is 2.28. The molecule has 0 amide bonds. The zero-order valence-corrected chi connectivity index (χ0v) is 13.6. The zero-order chi connectivity index (χ0) is 14.8. The van der Waals surface area contributed by atoms with Crippen molar-refractivity contribution in [2.45, 2.75) is 32.4 Å². The molecule has 3 rings (SSSR count). The van der Waals surface area contributed by atoms with Crippen LogP contribution < -0.4 is 4.90 Å². The number of aromatic nitrogens is 3. The molecule has 1 saturated heterocycles. The van der Waals surface area contributed by atoms with Crippen LogP contribution in [0.25, 0.3) is 0 Å². The van der Waals surface area contributed by atoms with Gasteiger partial charge in [-0.3, -0.25) is 9.88 Å². The number of likely N-dealkylation sites (tertiary alicyclic amines) is 1. The Morgan fingerprint density at radius 2 is 2.19 bits per heavy atom. The molecule has 112 valence electrons. The Balaban J connectivity index is 1.78. The Kier molecular flexibility index (Phi) is 4.17. The van der Waals surface area contributed by atoms with Crippen LogP contribution in [0.15, 0.2) is 17.8 Å². The molecule has 0 saturated carbocycles. The minimum atomic E-state index is 0.361. The lowest BCUT2D eigenvalue weighted by atomic mass is 10.1. The molecular formula is C15H21N5S. The Hall–Kier alpha value is -1.53. The van der Waals surface area contributed by atoms with Crippen LogP contribution in [-0.4, -0.2) is 40.5 Å². The van der Waals surface area contributed by atoms with Crippen molar-refractivity contribution in [1.29, 1.82) is 0 Å². The lowest BCUT2D eigenvalue weighted by Crippen LogP contribution is -2.24. The van der Waals surface area contributed by atoms with E-state index in [9.17, 15) is 0 Å². The van der Waals surface area contributed by atoms with Gasteiger partial charge in [0, 0.05) is 26.0 Å². The number of anilines is 1. The molecule has 1 fully saturated rings. The first-order valence-corrected chi connectivity index (χ1v) is 8.16. The van der Waals surface area contributed by atoms with E-state index in [-0.39, 0.29) is 0 Å². The third-order valence-corrected chi connectivity index (χ3v) is 4.66. The average Bonchev–Trinajstić information content (AvgIpc) is 3.09. The van der Waals surface area contributed by atoms with Gasteiger partial charge in [-0.2, -0.15) is 0 Å². The number of hydrogen-bond donors (Lipinski definition) is 0. The van der Waals surface area contributed by atoms with Gasteiger partial charge in [-0.05, 0) is 26.3 Å². The van der Waals surface area contributed by atoms with Gasteiger partial charge in [0.25, 0.3) is 0 Å². The maximum atomic E-state index is 4.76. The molecule has 1 aliphatic rings. The predicted molar refractivity (Wildman–Crippen MR) is 85.6 cm³/mol. The fourth-order valence-electron chi connectivity index (χ4n) is 2.79. The quantitative estimate of drug-likeness (QED) is 0.869. The summed E-state index contributed by atoms with van der Waals surface area (Å²) in [7, 11) is 4.00. The SMILES string of the molecule is Cc1nc(CN2CCC[C@@H]2c2cncc(N(C)C)n2)cs1. The Bertz CT molecular complexity index is 610. The van der Waals surface area contributed by atoms with Crippen molar-refractivity contribution in [3.05, 3.63) is 34.2 Å². The lowest BCUT2D eigenvalue weighted by Gasteiger charge is -2.23. The van der Waals surface area contributed by atoms with Gasteiger partial charge in [-0.1, -0.05) is 0 Å². The third-order valence-electron chi connectivity index (χ3n) is 3.84. The van der Waals surface area contributed by atoms with Crippen LogP contribution in [0, 0.1) is 6.92 Å². The summed E-state index contributed by atoms with van der Waals surface area (Å²) in [5.74, 6) is 0.920. The van der Waals surface area contributed by atoms with Gasteiger partial charge in [0.05, 0.1) is 34.8 Å². The highest BCUT2D eigenvalue weighted by Crippen LogP contribution is 2.32. The van der Waals surface area contributed by atoms with Crippen LogP contribution >= 0.6 is 11.3 Å². The maximum Gasteiger partial charge on any atom is 0.146 e. The van der Waals surface area contributed by atoms with Crippen LogP contribution in [0.2, 0.25) is 0 Å². The van der Waals surface area contributed by atoms with Crippen LogP contribution in [0.3, 0.4) is 0 Å². The molecule has 2 aromatic rings. The van der Waals surface area contributed by atoms with Crippen LogP contribution in [0.5, 0.6) is 0 Å². The highest BCUT2D eigenvalue weighted by molar-refractivity contribution is 7.09. The third kappa shape index (κ3) is 3.22. The molecular weight excluding hydrogens is 282 g/mol. The van der Waals surface area contributed by atoms with Gasteiger partial charge >= 0.3 is 0 Å². The molecule has 1 atom stereocenters. The maximum absolute atomic E-state index is 4.76. The van der Waals surface area contributed by atoms with Gasteiger partial charge in [-0.15, -0.1) is 11.3 Å². The Labute approximate surface area is 129 Å². The highest BCUT2D eigenvalue weighted by atomic mass is 32.1. The summed E-state index contributed by atoms with van der Waals surface area (Å²) in [5.41, 5.74) is 2.24. The van der Waals surface area contributed by atoms with Crippen molar-refractivity contribution in [1.82, 2.24) is 19.9 Å². The molecule has 2 aromatic heterocycles. The van der Waals surface area contributed by atoms with E-state index in [1.54, 1.807) is 11.3 Å². The molecule has 0 radical (unpaired) electrons. The molecule has 21 heavy (non-hydrogen) atoms. The number of hydrogen-bond acceptors (Lipinski definition) is 6. The Morgan fingerprint density at radius 1 is 1.33 bits per heavy atom. The normalized spacial score (nSPS) is 19.1. The fourth-order valence-corrected chi connectivity index (χ4v) is 3.39. The first-order valence-electron chi connectivity index (χ1n) is 7.28. The second kappa shape index (κ2) is 6.07. The van der Waals surface area contributed by atoms with Crippen molar-refractivity contribution in [2.75, 3.05) is 25.5 Å². The predicted octanol–water partition coefficient (Wildman–Crippen LogP) is 2.64. The lowest BCUT2D eigenvalue weighted by molar-refractivity contribution is 0.241. The smallest absolute Gasteiger partial charge is 0.146 e. The van der Waals surface area contributed by atoms with E-state index < -0.39 is 0 Å². The number of rotatable bonds is 4. The second-order valence-electron chi connectivity index (χ2n) is 5.68. The van der Waals surface area contributed by atoms with E-state index in [1.807, 2.05) is 31.4 Å². The first-order chi connectivity index (χ1) is 10.1. The number of thiazole rings is 1. The molecule has 0 aromatic carbocycles. The second-order valence-corrected chi connectivity index (χ2v) is 6.75. The van der Waals surface area contributed by atoms with Crippen molar-refractivity contribution in [3.8, 4) is 0 Å². The summed E-state index contributed by atoms with van der Waals surface area (Å²) in [4.78, 5) is 18.2. The summed E-state index contributed by atoms with van der Waals surface area (Å²) in [6.45, 7) is 4.07. The van der Waals surface area contributed by atoms with Gasteiger partial charge in [0.1, 0.15) is 5.82 Å². The average molecular weight is 303 g/mol. The van der Waals surface area contributed by atoms with E-state index in [1.165, 1.54) is 12.1 Å². The largest absolute Gasteiger partial charge is 0.361 e. The standard InChI is InChI=1S/C15H21N5S/c1-11-17-12(10-21-11)9-20-6-4-5-14(20)13-7-16-8-15(18-13)19(2)3/h7-8,10,14H,4-6,9H2,1-3H3/t14-/m1/s1. The van der Waals surface area contributed by atoms with E-state index in [0.717, 1.165) is 36.0 Å². The first kappa shape index (κ1) is 14.4. The molecule has 5 nitrogen and oxygen atoms in total. The summed E-state index contributed by atoms with van der Waals surface area (Å²) in [6.07, 6.45) is 6.07. The molecule has 0 aliphatic carbocycles. The summed E-state index contributed by atoms with van der Waals surface area (Å²) in [5, 5.41) is 3.29. The number of aryl methyl sites for hydroxylation is 1. The van der Waals surface area contributed by atoms with Crippen molar-refractivity contribution >= 4 is 17.2 Å². The van der Waals surface area contributed by atoms with Gasteiger partial charge in [0.15, 0.2) is 0 Å². The topological polar surface area (TPSA) is 45.2 Å². The minimum absolute atomic E-state index is 0.361. The van der Waals surface area contributed by atoms with Crippen LogP contribution in [0.4, 0.5) is 5.82 Å². The molecule has 0 bridgehead atoms. The zero-order valence-electron chi connectivity index (χ0n) is 12.8. The van der Waals surface area contributed by atoms with Gasteiger partial charge < -0.3 is 4.90 Å². The van der Waals surface area contributed by atoms with E-state index in [0.29, 0.717) is 6.04 Å². The summed E-state index contributed by atoms with van der Waals surface area (Å²) in [6, 6.07) is 0.361. The summed E-state index contributed by atoms with van der Waals surface area (Å²) < 4.78 is 0. The van der Waals surface area contributed by atoms with E-state index >= 15 is 0 Å². The molecule has 0 spiro atoms. The van der Waals surface area contributed by atoms with Gasteiger partial charge in [-0.25, -0.2) is 9.97 Å². The molecule has 0 unspecified atom stereocenters. The molecule has 1 aliphatic heterocycles. The summed E-state index contributed by atoms with van der Waals surface area (Å²) >= 11 is 1.72. The molecule has 6 heteroatoms. The fraction of sp³-hybridized carbons (Fsp3) is 0.533. The van der Waals surface area contributed by atoms with E-state index in [4.69, 9.17) is 4.98 Å². The van der Waals surface area contributed by atoms with Crippen molar-refractivity contribution < 1.29 is 0 Å². The van der Waals surface area contributed by atoms with Gasteiger partial charge in [0.2, 0.25) is 0 Å². The minimum Gasteiger partial charge on any atom is -0.361 e.